The van der Waals surface area contributed by atoms with Gasteiger partial charge in [0.25, 0.3) is 11.5 Å². The molecule has 0 saturated heterocycles. The van der Waals surface area contributed by atoms with Crippen molar-refractivity contribution in [3.05, 3.63) is 50.5 Å². The van der Waals surface area contributed by atoms with Crippen molar-refractivity contribution in [2.75, 3.05) is 18.1 Å². The van der Waals surface area contributed by atoms with Crippen molar-refractivity contribution >= 4 is 39.2 Å². The van der Waals surface area contributed by atoms with Gasteiger partial charge >= 0.3 is 5.97 Å². The molecule has 4 rings (SSSR count). The van der Waals surface area contributed by atoms with Crippen LogP contribution in [-0.4, -0.2) is 39.6 Å². The minimum absolute atomic E-state index is 0.0414. The predicted octanol–water partition coefficient (Wildman–Crippen LogP) is 4.90. The summed E-state index contributed by atoms with van der Waals surface area (Å²) in [6, 6.07) is 5.11. The number of amides is 1. The van der Waals surface area contributed by atoms with Crippen LogP contribution in [0.1, 0.15) is 83.9 Å². The fourth-order valence-electron chi connectivity index (χ4n) is 4.39. The molecule has 0 unspecified atom stereocenters. The molecule has 1 aliphatic rings. The van der Waals surface area contributed by atoms with Gasteiger partial charge in [-0.3, -0.25) is 19.1 Å². The average molecular weight is 497 g/mol. The van der Waals surface area contributed by atoms with Crippen LogP contribution in [0.25, 0.3) is 10.9 Å². The first kappa shape index (κ1) is 25.0. The van der Waals surface area contributed by atoms with E-state index in [1.807, 2.05) is 0 Å². The van der Waals surface area contributed by atoms with Gasteiger partial charge in [0.05, 0.1) is 23.2 Å². The summed E-state index contributed by atoms with van der Waals surface area (Å²) >= 11 is 1.17. The van der Waals surface area contributed by atoms with Crippen LogP contribution in [-0.2, 0) is 17.7 Å². The van der Waals surface area contributed by atoms with Crippen molar-refractivity contribution in [3.63, 3.8) is 0 Å². The molecule has 1 amide bonds. The van der Waals surface area contributed by atoms with E-state index in [0.717, 1.165) is 50.8 Å². The van der Waals surface area contributed by atoms with E-state index in [9.17, 15) is 14.4 Å². The third-order valence-electron chi connectivity index (χ3n) is 6.27. The summed E-state index contributed by atoms with van der Waals surface area (Å²) in [4.78, 5) is 50.4. The van der Waals surface area contributed by atoms with E-state index in [2.05, 4.69) is 11.9 Å². The molecule has 1 aromatic carbocycles. The molecule has 8 nitrogen and oxygen atoms in total. The Morgan fingerprint density at radius 3 is 2.74 bits per heavy atom. The van der Waals surface area contributed by atoms with Gasteiger partial charge in [-0.25, -0.2) is 14.8 Å². The zero-order valence-corrected chi connectivity index (χ0v) is 21.4. The molecule has 9 heteroatoms. The predicted molar refractivity (Wildman–Crippen MR) is 138 cm³/mol. The number of esters is 1. The Balaban J connectivity index is 1.71. The Labute approximate surface area is 209 Å². The van der Waals surface area contributed by atoms with Crippen LogP contribution >= 0.6 is 11.3 Å². The van der Waals surface area contributed by atoms with Crippen LogP contribution in [0.4, 0.5) is 5.13 Å². The van der Waals surface area contributed by atoms with Gasteiger partial charge in [-0.05, 0) is 51.3 Å². The molecule has 0 fully saturated rings. The fraction of sp³-hybridized carbons (Fsp3) is 0.500. The van der Waals surface area contributed by atoms with Gasteiger partial charge in [0.15, 0.2) is 5.13 Å². The lowest BCUT2D eigenvalue weighted by Crippen LogP contribution is -2.32. The number of benzene rings is 1. The molecular formula is C26H32N4O4S. The van der Waals surface area contributed by atoms with Crippen LogP contribution in [0.3, 0.4) is 0 Å². The molecule has 0 N–H and O–H groups in total. The summed E-state index contributed by atoms with van der Waals surface area (Å²) in [5, 5.41) is 1.00. The lowest BCUT2D eigenvalue weighted by molar-refractivity contribution is 0.0531. The molecule has 0 bridgehead atoms. The molecule has 0 spiro atoms. The molecule has 0 radical (unpaired) electrons. The highest BCUT2D eigenvalue weighted by Crippen LogP contribution is 2.29. The van der Waals surface area contributed by atoms with Gasteiger partial charge in [0.2, 0.25) is 0 Å². The summed E-state index contributed by atoms with van der Waals surface area (Å²) in [5.41, 5.74) is 1.50. The molecule has 0 aliphatic carbocycles. The van der Waals surface area contributed by atoms with Crippen molar-refractivity contribution in [3.8, 4) is 0 Å². The van der Waals surface area contributed by atoms with E-state index in [1.54, 1.807) is 41.5 Å². The van der Waals surface area contributed by atoms with E-state index in [4.69, 9.17) is 9.72 Å². The summed E-state index contributed by atoms with van der Waals surface area (Å²) < 4.78 is 6.93. The number of rotatable bonds is 8. The summed E-state index contributed by atoms with van der Waals surface area (Å²) in [5.74, 6) is 0.147. The van der Waals surface area contributed by atoms with Crippen molar-refractivity contribution in [2.24, 2.45) is 0 Å². The van der Waals surface area contributed by atoms with Gasteiger partial charge in [-0.1, -0.05) is 37.5 Å². The zero-order valence-electron chi connectivity index (χ0n) is 20.6. The number of carbonyl (C=O) groups is 2. The number of aromatic nitrogens is 3. The lowest BCUT2D eigenvalue weighted by atomic mass is 10.1. The number of hydrogen-bond donors (Lipinski definition) is 0. The van der Waals surface area contributed by atoms with Crippen LogP contribution in [0.5, 0.6) is 0 Å². The number of aryl methyl sites for hydroxylation is 2. The summed E-state index contributed by atoms with van der Waals surface area (Å²) in [6.07, 6.45) is 6.63. The minimum atomic E-state index is -0.425. The van der Waals surface area contributed by atoms with Crippen LogP contribution < -0.4 is 10.5 Å². The summed E-state index contributed by atoms with van der Waals surface area (Å²) in [7, 11) is 0. The SMILES string of the molecule is CCCCCN(C(=O)c1ccc2c(=O)n3c(nc2c1)CCCCC3)c1nc(C)c(C(=O)OCC)s1. The number of anilines is 1. The first-order valence-electron chi connectivity index (χ1n) is 12.4. The van der Waals surface area contributed by atoms with Gasteiger partial charge in [-0.2, -0.15) is 0 Å². The minimum Gasteiger partial charge on any atom is -0.462 e. The number of fused-ring (bicyclic) bond motifs is 2. The van der Waals surface area contributed by atoms with Crippen LogP contribution in [0.2, 0.25) is 0 Å². The Kier molecular flexibility index (Phi) is 7.95. The number of ether oxygens (including phenoxy) is 1. The second-order valence-corrected chi connectivity index (χ2v) is 9.80. The maximum atomic E-state index is 13.7. The van der Waals surface area contributed by atoms with E-state index >= 15 is 0 Å². The second-order valence-electron chi connectivity index (χ2n) is 8.82. The zero-order chi connectivity index (χ0) is 24.9. The topological polar surface area (TPSA) is 94.4 Å². The Morgan fingerprint density at radius 2 is 1.97 bits per heavy atom. The maximum Gasteiger partial charge on any atom is 0.350 e. The molecule has 35 heavy (non-hydrogen) atoms. The van der Waals surface area contributed by atoms with Gasteiger partial charge < -0.3 is 4.74 Å². The van der Waals surface area contributed by atoms with Crippen LogP contribution in [0.15, 0.2) is 23.0 Å². The molecular weight excluding hydrogens is 464 g/mol. The highest BCUT2D eigenvalue weighted by molar-refractivity contribution is 7.17. The van der Waals surface area contributed by atoms with Crippen molar-refractivity contribution < 1.29 is 14.3 Å². The van der Waals surface area contributed by atoms with E-state index in [0.29, 0.717) is 45.3 Å². The average Bonchev–Trinajstić information content (AvgIpc) is 3.07. The Morgan fingerprint density at radius 1 is 1.14 bits per heavy atom. The first-order valence-corrected chi connectivity index (χ1v) is 13.3. The van der Waals surface area contributed by atoms with E-state index in [1.165, 1.54) is 11.3 Å². The molecule has 2 aromatic heterocycles. The Bertz CT molecular complexity index is 1300. The maximum absolute atomic E-state index is 13.7. The number of nitrogens with zero attached hydrogens (tertiary/aromatic N) is 4. The first-order chi connectivity index (χ1) is 16.9. The molecule has 186 valence electrons. The van der Waals surface area contributed by atoms with Crippen molar-refractivity contribution in [2.45, 2.75) is 72.3 Å². The number of carbonyl (C=O) groups excluding carboxylic acids is 2. The standard InChI is InChI=1S/C26H32N4O4S/c1-4-6-9-15-30(26-27-17(3)22(35-26)25(33)34-5-2)23(31)18-12-13-19-20(16-18)28-21-11-8-7-10-14-29(21)24(19)32/h12-13,16H,4-11,14-15H2,1-3H3. The number of hydrogen-bond acceptors (Lipinski definition) is 7. The van der Waals surface area contributed by atoms with Crippen LogP contribution in [0, 0.1) is 6.92 Å². The molecule has 0 saturated carbocycles. The number of thiazole rings is 1. The molecule has 3 aromatic rings. The fourth-order valence-corrected chi connectivity index (χ4v) is 5.38. The largest absolute Gasteiger partial charge is 0.462 e. The third-order valence-corrected chi connectivity index (χ3v) is 7.43. The highest BCUT2D eigenvalue weighted by atomic mass is 32.1. The van der Waals surface area contributed by atoms with Gasteiger partial charge in [0.1, 0.15) is 10.7 Å². The monoisotopic (exact) mass is 496 g/mol. The van der Waals surface area contributed by atoms with E-state index in [-0.39, 0.29) is 18.1 Å². The molecule has 0 atom stereocenters. The van der Waals surface area contributed by atoms with Gasteiger partial charge in [0, 0.05) is 25.1 Å². The Hall–Kier alpha value is -3.07. The third kappa shape index (κ3) is 5.29. The normalized spacial score (nSPS) is 13.3. The highest BCUT2D eigenvalue weighted by Gasteiger charge is 2.25. The number of unbranched alkanes of at least 4 members (excludes halogenated alkanes) is 2. The molecule has 1 aliphatic heterocycles. The molecule has 3 heterocycles. The van der Waals surface area contributed by atoms with Gasteiger partial charge in [-0.15, -0.1) is 0 Å². The van der Waals surface area contributed by atoms with Crippen molar-refractivity contribution in [1.82, 2.24) is 14.5 Å². The van der Waals surface area contributed by atoms with Crippen molar-refractivity contribution in [1.29, 1.82) is 0 Å². The lowest BCUT2D eigenvalue weighted by Gasteiger charge is -2.20. The smallest absolute Gasteiger partial charge is 0.350 e. The second kappa shape index (κ2) is 11.1. The van der Waals surface area contributed by atoms with E-state index < -0.39 is 5.97 Å². The summed E-state index contributed by atoms with van der Waals surface area (Å²) in [6.45, 7) is 7.07. The quantitative estimate of drug-likeness (QED) is 0.325.